The Kier molecular flexibility index (Phi) is 6.65. The molecule has 57 heavy (non-hydrogen) atoms. The molecule has 4 heteroatoms. The van der Waals surface area contributed by atoms with Crippen LogP contribution in [0.4, 0.5) is 0 Å². The summed E-state index contributed by atoms with van der Waals surface area (Å²) < 4.78 is 4.88. The summed E-state index contributed by atoms with van der Waals surface area (Å²) in [5.41, 5.74) is 16.3. The van der Waals surface area contributed by atoms with Crippen LogP contribution in [0.15, 0.2) is 182 Å². The van der Waals surface area contributed by atoms with Crippen LogP contribution in [0, 0.1) is 0 Å². The topological polar surface area (TPSA) is 35.6 Å². The highest BCUT2D eigenvalue weighted by molar-refractivity contribution is 6.29. The van der Waals surface area contributed by atoms with E-state index in [1.807, 2.05) is 12.1 Å². The molecule has 0 aliphatic heterocycles. The first kappa shape index (κ1) is 32.0. The molecule has 4 nitrogen and oxygen atoms in total. The van der Waals surface area contributed by atoms with Gasteiger partial charge in [0.25, 0.3) is 0 Å². The van der Waals surface area contributed by atoms with Crippen molar-refractivity contribution in [2.45, 2.75) is 19.3 Å². The first-order chi connectivity index (χ1) is 28.0. The molecule has 8 aromatic carbocycles. The Bertz CT molecular complexity index is 3440. The van der Waals surface area contributed by atoms with Gasteiger partial charge < -0.3 is 9.13 Å². The Morgan fingerprint density at radius 1 is 0.404 bits per heavy atom. The molecule has 1 aliphatic rings. The molecule has 0 unspecified atom stereocenters. The maximum atomic E-state index is 5.21. The Morgan fingerprint density at radius 3 is 1.72 bits per heavy atom. The number of hydrogen-bond donors (Lipinski definition) is 0. The van der Waals surface area contributed by atoms with Crippen molar-refractivity contribution in [3.63, 3.8) is 0 Å². The van der Waals surface area contributed by atoms with Crippen LogP contribution in [0.25, 0.3) is 99.7 Å². The quantitative estimate of drug-likeness (QED) is 0.181. The number of fused-ring (bicyclic) bond motifs is 11. The fourth-order valence-corrected chi connectivity index (χ4v) is 9.71. The molecule has 0 amide bonds. The Labute approximate surface area is 329 Å². The molecule has 0 atom stereocenters. The van der Waals surface area contributed by atoms with Crippen LogP contribution in [-0.4, -0.2) is 19.1 Å². The SMILES string of the molecule is CC1(C)c2ccccc2-c2ccc(-n3c4ccccc4c4c5c6ccccc6n(-c6cccc(-c7nc(-c8ccccc8)c8ccccc8n7)c6)c5ccc43)cc21. The Hall–Kier alpha value is -7.30. The summed E-state index contributed by atoms with van der Waals surface area (Å²) in [6.45, 7) is 4.71. The second-order valence-corrected chi connectivity index (χ2v) is 15.8. The second-order valence-electron chi connectivity index (χ2n) is 15.8. The summed E-state index contributed by atoms with van der Waals surface area (Å²) in [4.78, 5) is 10.3. The molecule has 3 aromatic heterocycles. The van der Waals surface area contributed by atoms with Crippen LogP contribution in [0.2, 0.25) is 0 Å². The smallest absolute Gasteiger partial charge is 0.160 e. The monoisotopic (exact) mass is 728 g/mol. The molecule has 268 valence electrons. The number of benzene rings is 8. The van der Waals surface area contributed by atoms with E-state index in [-0.39, 0.29) is 5.41 Å². The largest absolute Gasteiger partial charge is 0.309 e. The summed E-state index contributed by atoms with van der Waals surface area (Å²) in [6, 6.07) is 65.7. The fraction of sp³-hybridized carbons (Fsp3) is 0.0566. The molecular formula is C53H36N4. The van der Waals surface area contributed by atoms with Crippen molar-refractivity contribution in [3.8, 4) is 45.1 Å². The molecule has 0 radical (unpaired) electrons. The minimum absolute atomic E-state index is 0.0864. The van der Waals surface area contributed by atoms with Crippen LogP contribution in [0.5, 0.6) is 0 Å². The highest BCUT2D eigenvalue weighted by Gasteiger charge is 2.35. The summed E-state index contributed by atoms with van der Waals surface area (Å²) >= 11 is 0. The van der Waals surface area contributed by atoms with Crippen molar-refractivity contribution in [1.29, 1.82) is 0 Å². The van der Waals surface area contributed by atoms with Gasteiger partial charge in [-0.1, -0.05) is 141 Å². The lowest BCUT2D eigenvalue weighted by molar-refractivity contribution is 0.660. The van der Waals surface area contributed by atoms with Gasteiger partial charge in [-0.3, -0.25) is 0 Å². The fourth-order valence-electron chi connectivity index (χ4n) is 9.71. The third kappa shape index (κ3) is 4.55. The van der Waals surface area contributed by atoms with Crippen molar-refractivity contribution in [3.05, 3.63) is 193 Å². The summed E-state index contributed by atoms with van der Waals surface area (Å²) in [5.74, 6) is 0.709. The van der Waals surface area contributed by atoms with E-state index < -0.39 is 0 Å². The summed E-state index contributed by atoms with van der Waals surface area (Å²) in [6.07, 6.45) is 0. The molecule has 3 heterocycles. The molecule has 12 rings (SSSR count). The van der Waals surface area contributed by atoms with Crippen LogP contribution >= 0.6 is 0 Å². The molecule has 0 fully saturated rings. The molecule has 11 aromatic rings. The Balaban J connectivity index is 1.08. The van der Waals surface area contributed by atoms with E-state index in [1.165, 1.54) is 66.0 Å². The predicted octanol–water partition coefficient (Wildman–Crippen LogP) is 13.5. The zero-order valence-corrected chi connectivity index (χ0v) is 31.6. The predicted molar refractivity (Wildman–Crippen MR) is 237 cm³/mol. The van der Waals surface area contributed by atoms with Gasteiger partial charge in [-0.2, -0.15) is 0 Å². The lowest BCUT2D eigenvalue weighted by Gasteiger charge is -2.22. The molecule has 0 saturated heterocycles. The van der Waals surface area contributed by atoms with Gasteiger partial charge in [-0.05, 0) is 76.9 Å². The number of rotatable bonds is 4. The third-order valence-corrected chi connectivity index (χ3v) is 12.3. The molecule has 0 N–H and O–H groups in total. The Morgan fingerprint density at radius 2 is 0.982 bits per heavy atom. The zero-order chi connectivity index (χ0) is 37.8. The van der Waals surface area contributed by atoms with Crippen LogP contribution in [-0.2, 0) is 5.41 Å². The van der Waals surface area contributed by atoms with Gasteiger partial charge >= 0.3 is 0 Å². The molecule has 1 aliphatic carbocycles. The maximum absolute atomic E-state index is 5.21. The lowest BCUT2D eigenvalue weighted by Crippen LogP contribution is -2.15. The number of nitrogens with zero attached hydrogens (tertiary/aromatic N) is 4. The summed E-state index contributed by atoms with van der Waals surface area (Å²) in [7, 11) is 0. The van der Waals surface area contributed by atoms with Gasteiger partial charge in [0, 0.05) is 54.8 Å². The van der Waals surface area contributed by atoms with Gasteiger partial charge in [0.15, 0.2) is 5.82 Å². The van der Waals surface area contributed by atoms with Gasteiger partial charge in [-0.15, -0.1) is 0 Å². The average Bonchev–Trinajstić information content (AvgIpc) is 3.86. The van der Waals surface area contributed by atoms with Crippen molar-refractivity contribution in [1.82, 2.24) is 19.1 Å². The van der Waals surface area contributed by atoms with Gasteiger partial charge in [0.2, 0.25) is 0 Å². The van der Waals surface area contributed by atoms with Crippen LogP contribution in [0.1, 0.15) is 25.0 Å². The lowest BCUT2D eigenvalue weighted by atomic mass is 9.82. The number of hydrogen-bond acceptors (Lipinski definition) is 2. The standard InChI is InChI=1S/C53H36N4/c1-53(2)42-23-10-6-19-37(42)38-28-27-36(32-43(38)53)57-46-26-13-9-22-41(46)50-48(57)30-29-47-49(50)40-21-8-12-25-45(40)56(47)35-18-14-17-34(31-35)52-54-44-24-11-7-20-39(44)51(55-52)33-15-4-3-5-16-33/h3-32H,1-2H3. The van der Waals surface area contributed by atoms with Crippen LogP contribution < -0.4 is 0 Å². The van der Waals surface area contributed by atoms with E-state index in [0.717, 1.165) is 38.9 Å². The normalized spacial score (nSPS) is 13.2. The number of aromatic nitrogens is 4. The summed E-state index contributed by atoms with van der Waals surface area (Å²) in [5, 5.41) is 6.04. The van der Waals surface area contributed by atoms with Crippen molar-refractivity contribution in [2.24, 2.45) is 0 Å². The first-order valence-electron chi connectivity index (χ1n) is 19.7. The van der Waals surface area contributed by atoms with E-state index >= 15 is 0 Å². The molecular weight excluding hydrogens is 693 g/mol. The van der Waals surface area contributed by atoms with E-state index in [0.29, 0.717) is 5.82 Å². The molecule has 0 saturated carbocycles. The minimum Gasteiger partial charge on any atom is -0.309 e. The zero-order valence-electron chi connectivity index (χ0n) is 31.6. The minimum atomic E-state index is -0.0864. The van der Waals surface area contributed by atoms with E-state index in [2.05, 4.69) is 193 Å². The van der Waals surface area contributed by atoms with Gasteiger partial charge in [-0.25, -0.2) is 9.97 Å². The van der Waals surface area contributed by atoms with E-state index in [4.69, 9.17) is 9.97 Å². The van der Waals surface area contributed by atoms with Crippen LogP contribution in [0.3, 0.4) is 0 Å². The highest BCUT2D eigenvalue weighted by Crippen LogP contribution is 2.50. The van der Waals surface area contributed by atoms with Crippen molar-refractivity contribution in [2.75, 3.05) is 0 Å². The van der Waals surface area contributed by atoms with E-state index in [1.54, 1.807) is 0 Å². The molecule has 0 spiro atoms. The van der Waals surface area contributed by atoms with Crippen molar-refractivity contribution < 1.29 is 0 Å². The third-order valence-electron chi connectivity index (χ3n) is 12.3. The molecule has 0 bridgehead atoms. The maximum Gasteiger partial charge on any atom is 0.160 e. The highest BCUT2D eigenvalue weighted by atomic mass is 15.0. The number of para-hydroxylation sites is 3. The van der Waals surface area contributed by atoms with Crippen molar-refractivity contribution >= 4 is 54.5 Å². The second kappa shape index (κ2) is 11.8. The average molecular weight is 729 g/mol. The first-order valence-corrected chi connectivity index (χ1v) is 19.7. The van der Waals surface area contributed by atoms with Gasteiger partial charge in [0.05, 0.1) is 33.3 Å². The van der Waals surface area contributed by atoms with E-state index in [9.17, 15) is 0 Å². The van der Waals surface area contributed by atoms with Gasteiger partial charge in [0.1, 0.15) is 0 Å².